The number of nitro benzene ring substituents is 1. The largest absolute Gasteiger partial charge is 0.490 e. The van der Waals surface area contributed by atoms with Gasteiger partial charge in [-0.15, -0.1) is 0 Å². The second-order valence-corrected chi connectivity index (χ2v) is 8.78. The Hall–Kier alpha value is -3.02. The second kappa shape index (κ2) is 8.01. The molecule has 1 saturated heterocycles. The number of hydrogen-bond acceptors (Lipinski definition) is 8. The van der Waals surface area contributed by atoms with Crippen molar-refractivity contribution >= 4 is 26.8 Å². The van der Waals surface area contributed by atoms with E-state index in [2.05, 4.69) is 9.88 Å². The molecule has 0 radical (unpaired) electrons. The SMILES string of the molecule is COc1ccc(S(=O)(=O)N2CCN(Cc3nc4ccccc4o3)CC2)cc1[N+](=O)[O-]. The number of rotatable bonds is 6. The fraction of sp³-hybridized carbons (Fsp3) is 0.316. The van der Waals surface area contributed by atoms with E-state index in [1.54, 1.807) is 0 Å². The number of benzene rings is 2. The Morgan fingerprint density at radius 1 is 1.17 bits per heavy atom. The number of oxazole rings is 1. The van der Waals surface area contributed by atoms with Gasteiger partial charge < -0.3 is 9.15 Å². The van der Waals surface area contributed by atoms with Crippen LogP contribution in [0.3, 0.4) is 0 Å². The summed E-state index contributed by atoms with van der Waals surface area (Å²) >= 11 is 0. The molecule has 10 nitrogen and oxygen atoms in total. The lowest BCUT2D eigenvalue weighted by Crippen LogP contribution is -2.48. The normalized spacial score (nSPS) is 16.0. The van der Waals surface area contributed by atoms with Crippen LogP contribution in [0.2, 0.25) is 0 Å². The summed E-state index contributed by atoms with van der Waals surface area (Å²) in [7, 11) is -2.55. The molecule has 0 bridgehead atoms. The first-order chi connectivity index (χ1) is 14.4. The summed E-state index contributed by atoms with van der Waals surface area (Å²) in [4.78, 5) is 16.9. The maximum absolute atomic E-state index is 13.0. The average molecular weight is 432 g/mol. The van der Waals surface area contributed by atoms with E-state index in [0.717, 1.165) is 17.2 Å². The van der Waals surface area contributed by atoms with E-state index in [-0.39, 0.29) is 29.4 Å². The van der Waals surface area contributed by atoms with Gasteiger partial charge in [0, 0.05) is 32.2 Å². The molecule has 0 saturated carbocycles. The van der Waals surface area contributed by atoms with Gasteiger partial charge in [-0.1, -0.05) is 12.1 Å². The summed E-state index contributed by atoms with van der Waals surface area (Å²) in [5, 5.41) is 11.2. The Morgan fingerprint density at radius 3 is 2.57 bits per heavy atom. The molecule has 0 atom stereocenters. The minimum atomic E-state index is -3.85. The zero-order chi connectivity index (χ0) is 21.3. The second-order valence-electron chi connectivity index (χ2n) is 6.85. The Balaban J connectivity index is 1.45. The maximum atomic E-state index is 13.0. The van der Waals surface area contributed by atoms with Crippen molar-refractivity contribution in [2.45, 2.75) is 11.4 Å². The highest BCUT2D eigenvalue weighted by atomic mass is 32.2. The van der Waals surface area contributed by atoms with Gasteiger partial charge in [0.1, 0.15) is 5.52 Å². The van der Waals surface area contributed by atoms with E-state index >= 15 is 0 Å². The van der Waals surface area contributed by atoms with Gasteiger partial charge in [-0.2, -0.15) is 4.31 Å². The number of hydrogen-bond donors (Lipinski definition) is 0. The van der Waals surface area contributed by atoms with Gasteiger partial charge in [0.15, 0.2) is 11.3 Å². The van der Waals surface area contributed by atoms with Crippen molar-refractivity contribution in [1.29, 1.82) is 0 Å². The van der Waals surface area contributed by atoms with Crippen LogP contribution < -0.4 is 4.74 Å². The van der Waals surface area contributed by atoms with E-state index in [0.29, 0.717) is 25.5 Å². The fourth-order valence-corrected chi connectivity index (χ4v) is 4.87. The third kappa shape index (κ3) is 3.86. The summed E-state index contributed by atoms with van der Waals surface area (Å²) in [5.74, 6) is 0.598. The molecule has 0 unspecified atom stereocenters. The molecule has 1 aliphatic rings. The highest BCUT2D eigenvalue weighted by Crippen LogP contribution is 2.31. The van der Waals surface area contributed by atoms with Crippen LogP contribution >= 0.6 is 0 Å². The van der Waals surface area contributed by atoms with Gasteiger partial charge in [-0.05, 0) is 24.3 Å². The van der Waals surface area contributed by atoms with Gasteiger partial charge in [0.25, 0.3) is 0 Å². The summed E-state index contributed by atoms with van der Waals surface area (Å²) in [6.07, 6.45) is 0. The molecule has 0 N–H and O–H groups in total. The van der Waals surface area contributed by atoms with Crippen LogP contribution in [0.1, 0.15) is 5.89 Å². The number of aromatic nitrogens is 1. The van der Waals surface area contributed by atoms with E-state index < -0.39 is 14.9 Å². The molecule has 1 fully saturated rings. The molecular formula is C19H20N4O6S. The third-order valence-corrected chi connectivity index (χ3v) is 6.91. The topological polar surface area (TPSA) is 119 Å². The Morgan fingerprint density at radius 2 is 1.90 bits per heavy atom. The molecule has 0 aliphatic carbocycles. The average Bonchev–Trinajstić information content (AvgIpc) is 3.15. The first-order valence-corrected chi connectivity index (χ1v) is 10.7. The van der Waals surface area contributed by atoms with Crippen LogP contribution in [0.15, 0.2) is 51.8 Å². The van der Waals surface area contributed by atoms with Crippen molar-refractivity contribution in [3.05, 3.63) is 58.5 Å². The summed E-state index contributed by atoms with van der Waals surface area (Å²) in [6.45, 7) is 2.01. The van der Waals surface area contributed by atoms with Crippen LogP contribution in [-0.2, 0) is 16.6 Å². The number of nitro groups is 1. The smallest absolute Gasteiger partial charge is 0.312 e. The summed E-state index contributed by atoms with van der Waals surface area (Å²) in [6, 6.07) is 11.2. The van der Waals surface area contributed by atoms with Crippen molar-refractivity contribution in [3.8, 4) is 5.75 Å². The molecule has 30 heavy (non-hydrogen) atoms. The lowest BCUT2D eigenvalue weighted by atomic mass is 10.3. The number of piperazine rings is 1. The van der Waals surface area contributed by atoms with E-state index in [4.69, 9.17) is 9.15 Å². The lowest BCUT2D eigenvalue weighted by Gasteiger charge is -2.33. The molecule has 0 spiro atoms. The predicted octanol–water partition coefficient (Wildman–Crippen LogP) is 2.25. The quantitative estimate of drug-likeness (QED) is 0.430. The van der Waals surface area contributed by atoms with Gasteiger partial charge in [-0.3, -0.25) is 15.0 Å². The van der Waals surface area contributed by atoms with Crippen molar-refractivity contribution < 1.29 is 22.5 Å². The number of para-hydroxylation sites is 2. The number of ether oxygens (including phenoxy) is 1. The minimum absolute atomic E-state index is 0.0158. The summed E-state index contributed by atoms with van der Waals surface area (Å²) in [5.41, 5.74) is 1.12. The van der Waals surface area contributed by atoms with E-state index in [9.17, 15) is 18.5 Å². The number of nitrogens with zero attached hydrogens (tertiary/aromatic N) is 4. The first-order valence-electron chi connectivity index (χ1n) is 9.28. The van der Waals surface area contributed by atoms with E-state index in [1.807, 2.05) is 24.3 Å². The number of sulfonamides is 1. The van der Waals surface area contributed by atoms with Gasteiger partial charge >= 0.3 is 5.69 Å². The zero-order valence-corrected chi connectivity index (χ0v) is 17.0. The molecule has 0 amide bonds. The molecule has 2 aromatic carbocycles. The number of fused-ring (bicyclic) bond motifs is 1. The van der Waals surface area contributed by atoms with Crippen LogP contribution in [-0.4, -0.2) is 60.8 Å². The predicted molar refractivity (Wildman–Crippen MR) is 108 cm³/mol. The monoisotopic (exact) mass is 432 g/mol. The van der Waals surface area contributed by atoms with Crippen LogP contribution in [0.5, 0.6) is 5.75 Å². The van der Waals surface area contributed by atoms with Crippen molar-refractivity contribution in [3.63, 3.8) is 0 Å². The minimum Gasteiger partial charge on any atom is -0.490 e. The standard InChI is InChI=1S/C19H20N4O6S/c1-28-18-7-6-14(12-16(18)23(24)25)30(26,27)22-10-8-21(9-11-22)13-19-20-15-4-2-3-5-17(15)29-19/h2-7,12H,8-11,13H2,1H3. The van der Waals surface area contributed by atoms with Gasteiger partial charge in [-0.25, -0.2) is 13.4 Å². The Labute approximate surface area is 172 Å². The van der Waals surface area contributed by atoms with Gasteiger partial charge in [0.05, 0.1) is 23.5 Å². The molecule has 4 rings (SSSR count). The van der Waals surface area contributed by atoms with Crippen molar-refractivity contribution in [1.82, 2.24) is 14.2 Å². The van der Waals surface area contributed by atoms with Crippen molar-refractivity contribution in [2.24, 2.45) is 0 Å². The molecule has 1 aliphatic heterocycles. The third-order valence-electron chi connectivity index (χ3n) is 5.01. The molecule has 11 heteroatoms. The zero-order valence-electron chi connectivity index (χ0n) is 16.2. The summed E-state index contributed by atoms with van der Waals surface area (Å²) < 4.78 is 37.9. The van der Waals surface area contributed by atoms with E-state index in [1.165, 1.54) is 23.5 Å². The number of methoxy groups -OCH3 is 1. The first kappa shape index (κ1) is 20.3. The molecule has 2 heterocycles. The van der Waals surface area contributed by atoms with Crippen molar-refractivity contribution in [2.75, 3.05) is 33.3 Å². The van der Waals surface area contributed by atoms with Crippen LogP contribution in [0, 0.1) is 10.1 Å². The fourth-order valence-electron chi connectivity index (χ4n) is 3.43. The molecule has 3 aromatic rings. The van der Waals surface area contributed by atoms with Crippen LogP contribution in [0.25, 0.3) is 11.1 Å². The van der Waals surface area contributed by atoms with Gasteiger partial charge in [0.2, 0.25) is 15.9 Å². The Kier molecular flexibility index (Phi) is 5.41. The van der Waals surface area contributed by atoms with Crippen LogP contribution in [0.4, 0.5) is 5.69 Å². The Bertz CT molecular complexity index is 1150. The molecular weight excluding hydrogens is 412 g/mol. The lowest BCUT2D eigenvalue weighted by molar-refractivity contribution is -0.386. The highest BCUT2D eigenvalue weighted by molar-refractivity contribution is 7.89. The maximum Gasteiger partial charge on any atom is 0.312 e. The molecule has 158 valence electrons. The molecule has 1 aromatic heterocycles. The highest BCUT2D eigenvalue weighted by Gasteiger charge is 2.31.